The molecule has 2 heterocycles. The molecule has 1 fully saturated rings. The number of thiophene rings is 1. The zero-order chi connectivity index (χ0) is 20.1. The van der Waals surface area contributed by atoms with Crippen LogP contribution in [0.5, 0.6) is 0 Å². The molecule has 0 atom stereocenters. The summed E-state index contributed by atoms with van der Waals surface area (Å²) in [5.41, 5.74) is 10.9. The second-order valence-corrected chi connectivity index (χ2v) is 8.73. The van der Waals surface area contributed by atoms with E-state index in [2.05, 4.69) is 60.0 Å². The van der Waals surface area contributed by atoms with Gasteiger partial charge in [-0.15, -0.1) is 11.3 Å². The third-order valence-corrected chi connectivity index (χ3v) is 6.82. The molecule has 1 amide bonds. The first kappa shape index (κ1) is 19.9. The number of hydrogen-bond acceptors (Lipinski definition) is 3. The summed E-state index contributed by atoms with van der Waals surface area (Å²) in [6.45, 7) is 2.23. The fraction of sp³-hybridized carbons (Fsp3) is 0.320. The van der Waals surface area contributed by atoms with Crippen molar-refractivity contribution in [3.8, 4) is 0 Å². The third kappa shape index (κ3) is 4.95. The van der Waals surface area contributed by atoms with E-state index in [9.17, 15) is 4.79 Å². The molecule has 0 spiro atoms. The molecule has 0 aliphatic carbocycles. The lowest BCUT2D eigenvalue weighted by Gasteiger charge is -2.32. The molecule has 2 aromatic carbocycles. The first-order valence-electron chi connectivity index (χ1n) is 10.4. The lowest BCUT2D eigenvalue weighted by atomic mass is 9.88. The predicted molar refractivity (Wildman–Crippen MR) is 120 cm³/mol. The van der Waals surface area contributed by atoms with E-state index in [-0.39, 0.29) is 5.91 Å². The molecule has 0 unspecified atom stereocenters. The molecule has 1 saturated heterocycles. The molecule has 0 bridgehead atoms. The highest BCUT2D eigenvalue weighted by Crippen LogP contribution is 2.30. The van der Waals surface area contributed by atoms with Crippen LogP contribution in [-0.4, -0.2) is 23.9 Å². The Morgan fingerprint density at radius 3 is 2.41 bits per heavy atom. The first-order chi connectivity index (χ1) is 14.2. The lowest BCUT2D eigenvalue weighted by molar-refractivity contribution is 0.0718. The summed E-state index contributed by atoms with van der Waals surface area (Å²) in [6, 6.07) is 21.2. The second-order valence-electron chi connectivity index (χ2n) is 7.82. The van der Waals surface area contributed by atoms with E-state index < -0.39 is 0 Å². The number of amides is 1. The molecule has 29 heavy (non-hydrogen) atoms. The number of carbonyl (C=O) groups excluding carboxylic acids is 1. The molecule has 4 rings (SSSR count). The van der Waals surface area contributed by atoms with Crippen molar-refractivity contribution < 1.29 is 4.79 Å². The summed E-state index contributed by atoms with van der Waals surface area (Å²) < 4.78 is 0. The van der Waals surface area contributed by atoms with Gasteiger partial charge in [-0.3, -0.25) is 4.79 Å². The van der Waals surface area contributed by atoms with Gasteiger partial charge in [-0.25, -0.2) is 0 Å². The summed E-state index contributed by atoms with van der Waals surface area (Å²) in [4.78, 5) is 15.8. The Morgan fingerprint density at radius 1 is 0.931 bits per heavy atom. The monoisotopic (exact) mass is 404 g/mol. The van der Waals surface area contributed by atoms with Gasteiger partial charge in [0, 0.05) is 19.6 Å². The summed E-state index contributed by atoms with van der Waals surface area (Å²) >= 11 is 1.58. The van der Waals surface area contributed by atoms with Gasteiger partial charge < -0.3 is 10.6 Å². The molecule has 1 aliphatic heterocycles. The fourth-order valence-corrected chi connectivity index (χ4v) is 5.01. The van der Waals surface area contributed by atoms with Gasteiger partial charge in [0.2, 0.25) is 0 Å². The van der Waals surface area contributed by atoms with Crippen molar-refractivity contribution in [3.63, 3.8) is 0 Å². The van der Waals surface area contributed by atoms with Crippen molar-refractivity contribution in [1.82, 2.24) is 4.90 Å². The summed E-state index contributed by atoms with van der Waals surface area (Å²) in [6.07, 6.45) is 4.03. The van der Waals surface area contributed by atoms with Gasteiger partial charge in [-0.2, -0.15) is 0 Å². The molecular formula is C25H28N2OS. The van der Waals surface area contributed by atoms with E-state index in [0.29, 0.717) is 12.5 Å². The van der Waals surface area contributed by atoms with E-state index in [4.69, 9.17) is 5.73 Å². The Bertz CT molecular complexity index is 942. The second kappa shape index (κ2) is 9.38. The quantitative estimate of drug-likeness (QED) is 0.628. The number of likely N-dealkylation sites (tertiary alicyclic amines) is 1. The SMILES string of the molecule is NCc1cccc(C2CCN(C(=O)c3cc(CCc4ccccc4)cs3)CC2)c1. The van der Waals surface area contributed by atoms with Crippen LogP contribution in [0.25, 0.3) is 0 Å². The van der Waals surface area contributed by atoms with Crippen LogP contribution in [0.2, 0.25) is 0 Å². The average molecular weight is 405 g/mol. The lowest BCUT2D eigenvalue weighted by Crippen LogP contribution is -2.37. The van der Waals surface area contributed by atoms with Crippen LogP contribution in [0.3, 0.4) is 0 Å². The van der Waals surface area contributed by atoms with E-state index >= 15 is 0 Å². The molecule has 4 heteroatoms. The summed E-state index contributed by atoms with van der Waals surface area (Å²) in [5.74, 6) is 0.713. The highest BCUT2D eigenvalue weighted by molar-refractivity contribution is 7.12. The molecule has 0 radical (unpaired) electrons. The smallest absolute Gasteiger partial charge is 0.263 e. The van der Waals surface area contributed by atoms with Crippen molar-refractivity contribution in [2.75, 3.05) is 13.1 Å². The van der Waals surface area contributed by atoms with E-state index in [1.54, 1.807) is 11.3 Å². The zero-order valence-electron chi connectivity index (χ0n) is 16.7. The Kier molecular flexibility index (Phi) is 6.43. The van der Waals surface area contributed by atoms with Gasteiger partial charge in [-0.1, -0.05) is 54.6 Å². The molecule has 1 aromatic heterocycles. The van der Waals surface area contributed by atoms with Crippen molar-refractivity contribution in [2.24, 2.45) is 5.73 Å². The molecule has 1 aliphatic rings. The van der Waals surface area contributed by atoms with Gasteiger partial charge >= 0.3 is 0 Å². The maximum Gasteiger partial charge on any atom is 0.263 e. The van der Waals surface area contributed by atoms with Crippen molar-refractivity contribution >= 4 is 17.2 Å². The molecule has 3 aromatic rings. The van der Waals surface area contributed by atoms with Crippen LogP contribution in [0.4, 0.5) is 0 Å². The van der Waals surface area contributed by atoms with Crippen molar-refractivity contribution in [3.05, 3.63) is 93.2 Å². The standard InChI is InChI=1S/C25H28N2OS/c26-17-20-7-4-8-23(15-20)22-11-13-27(14-12-22)25(28)24-16-21(18-29-24)10-9-19-5-2-1-3-6-19/h1-8,15-16,18,22H,9-14,17,26H2. The Balaban J connectivity index is 1.32. The number of rotatable bonds is 6. The summed E-state index contributed by atoms with van der Waals surface area (Å²) in [7, 11) is 0. The number of nitrogens with two attached hydrogens (primary N) is 1. The molecule has 2 N–H and O–H groups in total. The van der Waals surface area contributed by atoms with Crippen molar-refractivity contribution in [2.45, 2.75) is 38.1 Å². The normalized spacial score (nSPS) is 14.9. The fourth-order valence-electron chi connectivity index (χ4n) is 4.10. The molecule has 0 saturated carbocycles. The van der Waals surface area contributed by atoms with Crippen LogP contribution < -0.4 is 5.73 Å². The molecule has 3 nitrogen and oxygen atoms in total. The maximum absolute atomic E-state index is 13.0. The average Bonchev–Trinajstić information content (AvgIpc) is 3.27. The Morgan fingerprint density at radius 2 is 1.66 bits per heavy atom. The largest absolute Gasteiger partial charge is 0.338 e. The number of nitrogens with zero attached hydrogens (tertiary/aromatic N) is 1. The Hall–Kier alpha value is -2.43. The Labute approximate surface area is 177 Å². The minimum absolute atomic E-state index is 0.190. The topological polar surface area (TPSA) is 46.3 Å². The molecular weight excluding hydrogens is 376 g/mol. The van der Waals surface area contributed by atoms with E-state index in [1.807, 2.05) is 11.0 Å². The minimum Gasteiger partial charge on any atom is -0.338 e. The number of carbonyl (C=O) groups is 1. The highest BCUT2D eigenvalue weighted by atomic mass is 32.1. The number of benzene rings is 2. The highest BCUT2D eigenvalue weighted by Gasteiger charge is 2.25. The predicted octanol–water partition coefficient (Wildman–Crippen LogP) is 5.01. The van der Waals surface area contributed by atoms with E-state index in [0.717, 1.165) is 43.6 Å². The number of hydrogen-bond donors (Lipinski definition) is 1. The first-order valence-corrected chi connectivity index (χ1v) is 11.3. The van der Waals surface area contributed by atoms with Gasteiger partial charge in [0.15, 0.2) is 0 Å². The van der Waals surface area contributed by atoms with Gasteiger partial charge in [0.05, 0.1) is 4.88 Å². The number of aryl methyl sites for hydroxylation is 2. The number of piperidine rings is 1. The van der Waals surface area contributed by atoms with Crippen LogP contribution >= 0.6 is 11.3 Å². The molecule has 150 valence electrons. The van der Waals surface area contributed by atoms with Gasteiger partial charge in [-0.05, 0) is 65.3 Å². The van der Waals surface area contributed by atoms with Crippen LogP contribution in [0.1, 0.15) is 50.7 Å². The summed E-state index contributed by atoms with van der Waals surface area (Å²) in [5, 5.41) is 2.14. The van der Waals surface area contributed by atoms with Crippen molar-refractivity contribution in [1.29, 1.82) is 0 Å². The van der Waals surface area contributed by atoms with Gasteiger partial charge in [0.25, 0.3) is 5.91 Å². The van der Waals surface area contributed by atoms with Crippen LogP contribution in [-0.2, 0) is 19.4 Å². The van der Waals surface area contributed by atoms with Gasteiger partial charge in [0.1, 0.15) is 0 Å². The minimum atomic E-state index is 0.190. The van der Waals surface area contributed by atoms with Crippen LogP contribution in [0, 0.1) is 0 Å². The maximum atomic E-state index is 13.0. The van der Waals surface area contributed by atoms with Crippen LogP contribution in [0.15, 0.2) is 66.0 Å². The van der Waals surface area contributed by atoms with E-state index in [1.165, 1.54) is 22.3 Å². The third-order valence-electron chi connectivity index (χ3n) is 5.85. The zero-order valence-corrected chi connectivity index (χ0v) is 17.5.